The third-order valence-corrected chi connectivity index (χ3v) is 7.49. The van der Waals surface area contributed by atoms with Crippen molar-refractivity contribution >= 4 is 11.6 Å². The number of carbonyl (C=O) groups is 2. The first-order valence-electron chi connectivity index (χ1n) is 9.17. The van der Waals surface area contributed by atoms with Gasteiger partial charge in [-0.15, -0.1) is 0 Å². The van der Waals surface area contributed by atoms with Gasteiger partial charge in [0.15, 0.2) is 11.6 Å². The topological polar surface area (TPSA) is 54.4 Å². The predicted molar refractivity (Wildman–Crippen MR) is 98.1 cm³/mol. The maximum absolute atomic E-state index is 13.5. The van der Waals surface area contributed by atoms with E-state index in [2.05, 4.69) is 6.07 Å². The van der Waals surface area contributed by atoms with Crippen LogP contribution in [0, 0.1) is 25.2 Å². The third-order valence-electron chi connectivity index (χ3n) is 7.49. The van der Waals surface area contributed by atoms with Gasteiger partial charge in [-0.05, 0) is 37.5 Å². The van der Waals surface area contributed by atoms with Crippen molar-refractivity contribution in [2.45, 2.75) is 44.6 Å². The van der Waals surface area contributed by atoms with Gasteiger partial charge < -0.3 is 5.11 Å². The maximum atomic E-state index is 13.5. The maximum Gasteiger partial charge on any atom is 0.170 e. The Hall–Kier alpha value is -2.26. The van der Waals surface area contributed by atoms with Crippen LogP contribution >= 0.6 is 0 Å². The molecule has 132 valence electrons. The minimum Gasteiger partial charge on any atom is -0.384 e. The highest BCUT2D eigenvalue weighted by atomic mass is 16.3. The zero-order chi connectivity index (χ0) is 18.6. The molecule has 26 heavy (non-hydrogen) atoms. The van der Waals surface area contributed by atoms with Crippen molar-refractivity contribution < 1.29 is 14.7 Å². The molecular formula is C23H22O3. The summed E-state index contributed by atoms with van der Waals surface area (Å²) in [6.45, 7) is 7.62. The average molecular weight is 346 g/mol. The first kappa shape index (κ1) is 16.0. The monoisotopic (exact) mass is 346 g/mol. The smallest absolute Gasteiger partial charge is 0.170 e. The van der Waals surface area contributed by atoms with Crippen molar-refractivity contribution in [1.29, 1.82) is 0 Å². The number of hydrogen-bond acceptors (Lipinski definition) is 3. The van der Waals surface area contributed by atoms with E-state index in [0.29, 0.717) is 0 Å². The standard InChI is InChI=1S/C23H22O3/c1-12-5-8-14(9-6-12)23-15-10-7-13(2)11-16(15)21(3)18(24)17(23)22(23,4)20(26)19(21)25/h5-11,17,19,25H,1-4H3/t17?,19-,21+,22+,23?/m0/s1. The number of carbonyl (C=O) groups excluding carboxylic acids is 2. The number of Topliss-reactive ketones (excluding diaryl/α,β-unsaturated/α-hetero) is 2. The summed E-state index contributed by atoms with van der Waals surface area (Å²) in [7, 11) is 0. The van der Waals surface area contributed by atoms with E-state index in [4.69, 9.17) is 0 Å². The van der Waals surface area contributed by atoms with Gasteiger partial charge in [0.05, 0.1) is 10.8 Å². The molecule has 2 aromatic carbocycles. The molecule has 5 atom stereocenters. The van der Waals surface area contributed by atoms with Gasteiger partial charge in [-0.3, -0.25) is 9.59 Å². The highest BCUT2D eigenvalue weighted by Gasteiger charge is 2.89. The van der Waals surface area contributed by atoms with E-state index in [9.17, 15) is 14.7 Å². The Morgan fingerprint density at radius 2 is 1.46 bits per heavy atom. The summed E-state index contributed by atoms with van der Waals surface area (Å²) in [5.41, 5.74) is 2.35. The zero-order valence-electron chi connectivity index (χ0n) is 15.5. The second kappa shape index (κ2) is 4.34. The molecule has 1 N–H and O–H groups in total. The molecule has 2 aromatic rings. The van der Waals surface area contributed by atoms with Gasteiger partial charge >= 0.3 is 0 Å². The Morgan fingerprint density at radius 3 is 2.12 bits per heavy atom. The number of fused-ring (bicyclic) bond motifs is 5. The molecule has 0 heterocycles. The molecule has 0 radical (unpaired) electrons. The summed E-state index contributed by atoms with van der Waals surface area (Å²) in [4.78, 5) is 26.8. The van der Waals surface area contributed by atoms with E-state index in [-0.39, 0.29) is 11.6 Å². The van der Waals surface area contributed by atoms with Crippen molar-refractivity contribution in [1.82, 2.24) is 0 Å². The number of benzene rings is 2. The van der Waals surface area contributed by atoms with Crippen LogP contribution in [-0.2, 0) is 20.4 Å². The summed E-state index contributed by atoms with van der Waals surface area (Å²) in [6, 6.07) is 14.2. The largest absolute Gasteiger partial charge is 0.384 e. The molecule has 2 unspecified atom stereocenters. The van der Waals surface area contributed by atoms with Crippen LogP contribution in [-0.4, -0.2) is 22.8 Å². The Morgan fingerprint density at radius 1 is 0.846 bits per heavy atom. The van der Waals surface area contributed by atoms with E-state index in [1.807, 2.05) is 57.2 Å². The molecule has 2 fully saturated rings. The van der Waals surface area contributed by atoms with Crippen LogP contribution in [0.5, 0.6) is 0 Å². The Balaban J connectivity index is 1.93. The molecule has 3 nitrogen and oxygen atoms in total. The highest BCUT2D eigenvalue weighted by molar-refractivity contribution is 6.17. The lowest BCUT2D eigenvalue weighted by molar-refractivity contribution is -0.149. The predicted octanol–water partition coefficient (Wildman–Crippen LogP) is 3.01. The van der Waals surface area contributed by atoms with Gasteiger partial charge in [0.1, 0.15) is 6.10 Å². The molecule has 2 bridgehead atoms. The van der Waals surface area contributed by atoms with Crippen LogP contribution in [0.1, 0.15) is 41.7 Å². The van der Waals surface area contributed by atoms with Crippen molar-refractivity contribution in [3.63, 3.8) is 0 Å². The minimum absolute atomic E-state index is 0.00535. The van der Waals surface area contributed by atoms with E-state index in [0.717, 1.165) is 27.8 Å². The fourth-order valence-corrected chi connectivity index (χ4v) is 5.98. The van der Waals surface area contributed by atoms with E-state index >= 15 is 0 Å². The molecule has 0 amide bonds. The zero-order valence-corrected chi connectivity index (χ0v) is 15.5. The molecule has 0 aromatic heterocycles. The SMILES string of the molecule is Cc1ccc(C23c4ccc(C)cc4[C@]4(C)C(=O)C2[C@]3(C)C(=O)[C@@H]4O)cc1. The number of hydrogen-bond donors (Lipinski definition) is 1. The summed E-state index contributed by atoms with van der Waals surface area (Å²) < 4.78 is 0. The van der Waals surface area contributed by atoms with Crippen LogP contribution in [0.15, 0.2) is 42.5 Å². The van der Waals surface area contributed by atoms with Gasteiger partial charge in [0.2, 0.25) is 0 Å². The summed E-state index contributed by atoms with van der Waals surface area (Å²) >= 11 is 0. The Bertz CT molecular complexity index is 1000. The molecule has 0 spiro atoms. The van der Waals surface area contributed by atoms with Gasteiger partial charge in [0.25, 0.3) is 0 Å². The molecule has 3 aliphatic rings. The first-order chi connectivity index (χ1) is 12.2. The van der Waals surface area contributed by atoms with E-state index in [1.165, 1.54) is 0 Å². The lowest BCUT2D eigenvalue weighted by Crippen LogP contribution is -2.56. The van der Waals surface area contributed by atoms with Crippen LogP contribution in [0.2, 0.25) is 0 Å². The molecule has 5 rings (SSSR count). The molecule has 2 saturated carbocycles. The summed E-state index contributed by atoms with van der Waals surface area (Å²) in [6.07, 6.45) is -1.29. The summed E-state index contributed by atoms with van der Waals surface area (Å²) in [5.74, 6) is -0.585. The van der Waals surface area contributed by atoms with Gasteiger partial charge in [-0.1, -0.05) is 60.5 Å². The quantitative estimate of drug-likeness (QED) is 0.864. The number of aliphatic hydroxyl groups is 1. The number of aryl methyl sites for hydroxylation is 2. The second-order valence-electron chi connectivity index (χ2n) is 8.69. The number of rotatable bonds is 1. The highest BCUT2D eigenvalue weighted by Crippen LogP contribution is 2.80. The number of ketones is 2. The molecule has 3 heteroatoms. The van der Waals surface area contributed by atoms with Crippen molar-refractivity contribution in [2.75, 3.05) is 0 Å². The van der Waals surface area contributed by atoms with Crippen LogP contribution in [0.25, 0.3) is 0 Å². The van der Waals surface area contributed by atoms with Crippen LogP contribution in [0.4, 0.5) is 0 Å². The number of aliphatic hydroxyl groups excluding tert-OH is 1. The van der Waals surface area contributed by atoms with E-state index in [1.54, 1.807) is 6.92 Å². The van der Waals surface area contributed by atoms with Crippen LogP contribution < -0.4 is 0 Å². The Labute approximate surface area is 153 Å². The lowest BCUT2D eigenvalue weighted by atomic mass is 9.62. The van der Waals surface area contributed by atoms with E-state index < -0.39 is 28.3 Å². The molecular weight excluding hydrogens is 324 g/mol. The minimum atomic E-state index is -1.29. The summed E-state index contributed by atoms with van der Waals surface area (Å²) in [5, 5.41) is 10.9. The molecule has 0 saturated heterocycles. The van der Waals surface area contributed by atoms with Crippen molar-refractivity contribution in [3.8, 4) is 0 Å². The second-order valence-corrected chi connectivity index (χ2v) is 8.69. The van der Waals surface area contributed by atoms with Crippen molar-refractivity contribution in [2.24, 2.45) is 11.3 Å². The van der Waals surface area contributed by atoms with Gasteiger partial charge in [0, 0.05) is 11.3 Å². The first-order valence-corrected chi connectivity index (χ1v) is 9.17. The fraction of sp³-hybridized carbons (Fsp3) is 0.391. The Kier molecular flexibility index (Phi) is 2.67. The van der Waals surface area contributed by atoms with Crippen LogP contribution in [0.3, 0.4) is 0 Å². The lowest BCUT2D eigenvalue weighted by Gasteiger charge is -2.40. The molecule has 3 aliphatic carbocycles. The average Bonchev–Trinajstić information content (AvgIpc) is 3.21. The van der Waals surface area contributed by atoms with Gasteiger partial charge in [-0.25, -0.2) is 0 Å². The molecule has 0 aliphatic heterocycles. The normalized spacial score (nSPS) is 39.6. The fourth-order valence-electron chi connectivity index (χ4n) is 5.98. The third kappa shape index (κ3) is 1.33. The van der Waals surface area contributed by atoms with Crippen molar-refractivity contribution in [3.05, 3.63) is 70.3 Å². The van der Waals surface area contributed by atoms with Gasteiger partial charge in [-0.2, -0.15) is 0 Å².